The minimum absolute atomic E-state index is 0.186. The monoisotopic (exact) mass is 252 g/mol. The van der Waals surface area contributed by atoms with Gasteiger partial charge in [0.1, 0.15) is 6.61 Å². The van der Waals surface area contributed by atoms with Gasteiger partial charge in [0.05, 0.1) is 19.7 Å². The Kier molecular flexibility index (Phi) is 5.45. The molecule has 1 aromatic rings. The fourth-order valence-electron chi connectivity index (χ4n) is 1.39. The third kappa shape index (κ3) is 4.25. The molecule has 1 unspecified atom stereocenters. The zero-order chi connectivity index (χ0) is 13.5. The van der Waals surface area contributed by atoms with E-state index in [2.05, 4.69) is 5.32 Å². The molecule has 18 heavy (non-hydrogen) atoms. The molecule has 1 atom stereocenters. The van der Waals surface area contributed by atoms with Crippen LogP contribution in [0.2, 0.25) is 0 Å². The van der Waals surface area contributed by atoms with Gasteiger partial charge in [-0.2, -0.15) is 0 Å². The van der Waals surface area contributed by atoms with Crippen LogP contribution in [0.5, 0.6) is 11.5 Å². The highest BCUT2D eigenvalue weighted by molar-refractivity contribution is 5.80. The second-order valence-corrected chi connectivity index (χ2v) is 4.08. The molecule has 0 saturated heterocycles. The Morgan fingerprint density at radius 2 is 2.17 bits per heavy atom. The maximum Gasteiger partial charge on any atom is 0.236 e. The Balaban J connectivity index is 2.42. The van der Waals surface area contributed by atoms with Gasteiger partial charge in [0.25, 0.3) is 0 Å². The molecule has 5 heteroatoms. The van der Waals surface area contributed by atoms with Gasteiger partial charge >= 0.3 is 0 Å². The molecule has 0 aliphatic heterocycles. The fourth-order valence-corrected chi connectivity index (χ4v) is 1.39. The summed E-state index contributed by atoms with van der Waals surface area (Å²) in [5, 5.41) is 2.67. The largest absolute Gasteiger partial charge is 0.493 e. The van der Waals surface area contributed by atoms with E-state index in [1.54, 1.807) is 14.0 Å². The summed E-state index contributed by atoms with van der Waals surface area (Å²) in [6, 6.07) is 5.19. The molecule has 0 aliphatic carbocycles. The molecule has 0 bridgehead atoms. The molecule has 0 fully saturated rings. The van der Waals surface area contributed by atoms with Crippen LogP contribution in [0, 0.1) is 6.92 Å². The number of benzene rings is 1. The first-order chi connectivity index (χ1) is 8.54. The molecule has 0 spiro atoms. The summed E-state index contributed by atoms with van der Waals surface area (Å²) in [5.74, 6) is 1.17. The average molecular weight is 252 g/mol. The summed E-state index contributed by atoms with van der Waals surface area (Å²) >= 11 is 0. The predicted octanol–water partition coefficient (Wildman–Crippen LogP) is 0.846. The van der Waals surface area contributed by atoms with Crippen LogP contribution in [0.15, 0.2) is 18.2 Å². The van der Waals surface area contributed by atoms with Crippen LogP contribution in [0.1, 0.15) is 12.5 Å². The zero-order valence-corrected chi connectivity index (χ0v) is 11.0. The summed E-state index contributed by atoms with van der Waals surface area (Å²) in [6.07, 6.45) is 0. The number of hydrogen-bond acceptors (Lipinski definition) is 4. The minimum atomic E-state index is -0.501. The van der Waals surface area contributed by atoms with Crippen LogP contribution in [0.3, 0.4) is 0 Å². The molecule has 1 amide bonds. The van der Waals surface area contributed by atoms with E-state index < -0.39 is 6.04 Å². The molecule has 5 nitrogen and oxygen atoms in total. The van der Waals surface area contributed by atoms with Gasteiger partial charge in [0, 0.05) is 0 Å². The molecule has 0 saturated carbocycles. The first-order valence-electron chi connectivity index (χ1n) is 5.85. The van der Waals surface area contributed by atoms with E-state index in [1.165, 1.54) is 0 Å². The van der Waals surface area contributed by atoms with Gasteiger partial charge in [0.15, 0.2) is 11.5 Å². The number of carbonyl (C=O) groups excluding carboxylic acids is 1. The second-order valence-electron chi connectivity index (χ2n) is 4.08. The van der Waals surface area contributed by atoms with Gasteiger partial charge in [-0.1, -0.05) is 6.07 Å². The highest BCUT2D eigenvalue weighted by Gasteiger charge is 2.07. The van der Waals surface area contributed by atoms with Crippen molar-refractivity contribution >= 4 is 5.91 Å². The number of hydrogen-bond donors (Lipinski definition) is 2. The Morgan fingerprint density at radius 3 is 2.78 bits per heavy atom. The van der Waals surface area contributed by atoms with E-state index in [1.807, 2.05) is 25.1 Å². The number of ether oxygens (including phenoxy) is 2. The molecule has 100 valence electrons. The molecule has 3 N–H and O–H groups in total. The summed E-state index contributed by atoms with van der Waals surface area (Å²) in [7, 11) is 1.60. The Bertz CT molecular complexity index is 405. The van der Waals surface area contributed by atoms with Crippen molar-refractivity contribution in [2.45, 2.75) is 19.9 Å². The number of methoxy groups -OCH3 is 1. The lowest BCUT2D eigenvalue weighted by Crippen LogP contribution is -2.40. The molecule has 0 aromatic heterocycles. The van der Waals surface area contributed by atoms with Gasteiger partial charge in [-0.15, -0.1) is 0 Å². The van der Waals surface area contributed by atoms with E-state index in [-0.39, 0.29) is 5.91 Å². The molecule has 0 heterocycles. The maximum absolute atomic E-state index is 11.2. The molecular weight excluding hydrogens is 232 g/mol. The summed E-state index contributed by atoms with van der Waals surface area (Å²) in [4.78, 5) is 11.2. The first kappa shape index (κ1) is 14.3. The summed E-state index contributed by atoms with van der Waals surface area (Å²) < 4.78 is 10.7. The third-order valence-electron chi connectivity index (χ3n) is 2.39. The van der Waals surface area contributed by atoms with Gasteiger partial charge in [0.2, 0.25) is 5.91 Å². The lowest BCUT2D eigenvalue weighted by atomic mass is 10.2. The van der Waals surface area contributed by atoms with E-state index in [0.717, 1.165) is 5.56 Å². The van der Waals surface area contributed by atoms with Crippen LogP contribution in [-0.4, -0.2) is 32.2 Å². The Morgan fingerprint density at radius 1 is 1.44 bits per heavy atom. The van der Waals surface area contributed by atoms with Crippen LogP contribution in [-0.2, 0) is 4.79 Å². The Labute approximate surface area is 107 Å². The van der Waals surface area contributed by atoms with E-state index in [9.17, 15) is 4.79 Å². The van der Waals surface area contributed by atoms with Crippen LogP contribution < -0.4 is 20.5 Å². The second kappa shape index (κ2) is 6.86. The fraction of sp³-hybridized carbons (Fsp3) is 0.462. The van der Waals surface area contributed by atoms with Crippen molar-refractivity contribution in [2.24, 2.45) is 5.73 Å². The van der Waals surface area contributed by atoms with Crippen molar-refractivity contribution in [1.82, 2.24) is 5.32 Å². The van der Waals surface area contributed by atoms with Crippen LogP contribution in [0.25, 0.3) is 0 Å². The van der Waals surface area contributed by atoms with Crippen LogP contribution in [0.4, 0.5) is 0 Å². The number of amides is 1. The quantitative estimate of drug-likeness (QED) is 0.736. The van der Waals surface area contributed by atoms with E-state index in [0.29, 0.717) is 24.7 Å². The van der Waals surface area contributed by atoms with Crippen molar-refractivity contribution in [3.8, 4) is 11.5 Å². The molecule has 0 radical (unpaired) electrons. The number of nitrogens with one attached hydrogen (secondary N) is 1. The third-order valence-corrected chi connectivity index (χ3v) is 2.39. The standard InChI is InChI=1S/C13H20N2O3/c1-9-4-5-11(12(8-9)17-3)18-7-6-15-13(16)10(2)14/h4-5,8,10H,6-7,14H2,1-3H3,(H,15,16). The maximum atomic E-state index is 11.2. The highest BCUT2D eigenvalue weighted by Crippen LogP contribution is 2.27. The summed E-state index contributed by atoms with van der Waals surface area (Å²) in [6.45, 7) is 4.41. The lowest BCUT2D eigenvalue weighted by molar-refractivity contribution is -0.122. The van der Waals surface area contributed by atoms with Gasteiger partial charge < -0.3 is 20.5 Å². The van der Waals surface area contributed by atoms with Crippen molar-refractivity contribution in [2.75, 3.05) is 20.3 Å². The highest BCUT2D eigenvalue weighted by atomic mass is 16.5. The van der Waals surface area contributed by atoms with Crippen molar-refractivity contribution in [3.05, 3.63) is 23.8 Å². The lowest BCUT2D eigenvalue weighted by Gasteiger charge is -2.12. The smallest absolute Gasteiger partial charge is 0.236 e. The Hall–Kier alpha value is -1.75. The number of carbonyl (C=O) groups is 1. The van der Waals surface area contributed by atoms with Crippen molar-refractivity contribution in [3.63, 3.8) is 0 Å². The average Bonchev–Trinajstić information content (AvgIpc) is 2.35. The van der Waals surface area contributed by atoms with Gasteiger partial charge in [-0.3, -0.25) is 4.79 Å². The minimum Gasteiger partial charge on any atom is -0.493 e. The molecule has 1 aromatic carbocycles. The van der Waals surface area contributed by atoms with Crippen molar-refractivity contribution < 1.29 is 14.3 Å². The summed E-state index contributed by atoms with van der Waals surface area (Å²) in [5.41, 5.74) is 6.52. The topological polar surface area (TPSA) is 73.6 Å². The SMILES string of the molecule is COc1cc(C)ccc1OCCNC(=O)C(C)N. The number of rotatable bonds is 6. The van der Waals surface area contributed by atoms with Crippen molar-refractivity contribution in [1.29, 1.82) is 0 Å². The van der Waals surface area contributed by atoms with Gasteiger partial charge in [-0.05, 0) is 31.5 Å². The van der Waals surface area contributed by atoms with Crippen LogP contribution >= 0.6 is 0 Å². The predicted molar refractivity (Wildman–Crippen MR) is 69.9 cm³/mol. The molecule has 1 rings (SSSR count). The molecule has 0 aliphatic rings. The first-order valence-corrected chi connectivity index (χ1v) is 5.85. The zero-order valence-electron chi connectivity index (χ0n) is 11.0. The normalized spacial score (nSPS) is 11.8. The van der Waals surface area contributed by atoms with E-state index >= 15 is 0 Å². The number of nitrogens with two attached hydrogens (primary N) is 1. The molecular formula is C13H20N2O3. The number of aryl methyl sites for hydroxylation is 1. The van der Waals surface area contributed by atoms with Gasteiger partial charge in [-0.25, -0.2) is 0 Å². The van der Waals surface area contributed by atoms with E-state index in [4.69, 9.17) is 15.2 Å².